The van der Waals surface area contributed by atoms with E-state index < -0.39 is 18.8 Å². The van der Waals surface area contributed by atoms with E-state index in [9.17, 15) is 18.0 Å². The van der Waals surface area contributed by atoms with Crippen molar-refractivity contribution in [3.63, 3.8) is 0 Å². The van der Waals surface area contributed by atoms with E-state index in [0.717, 1.165) is 0 Å². The van der Waals surface area contributed by atoms with Gasteiger partial charge in [-0.1, -0.05) is 0 Å². The minimum atomic E-state index is -2.58. The zero-order chi connectivity index (χ0) is 23.3. The third-order valence-electron chi connectivity index (χ3n) is 6.02. The fourth-order valence-electron chi connectivity index (χ4n) is 4.35. The highest BCUT2D eigenvalue weighted by atomic mass is 19.3. The SMILES string of the molecule is Cc1nc2c(F)cc(-c3c[nH]c4nc(N[C@@H]5CCC(=O)N(C)C5)ncc34)cc2n1CC(F)F. The zero-order valence-electron chi connectivity index (χ0n) is 18.1. The van der Waals surface area contributed by atoms with Crippen LogP contribution in [0.5, 0.6) is 0 Å². The summed E-state index contributed by atoms with van der Waals surface area (Å²) in [7, 11) is 1.77. The van der Waals surface area contributed by atoms with Crippen molar-refractivity contribution in [1.29, 1.82) is 0 Å². The average molecular weight is 457 g/mol. The van der Waals surface area contributed by atoms with Gasteiger partial charge in [0.25, 0.3) is 6.43 Å². The topological polar surface area (TPSA) is 91.7 Å². The molecule has 5 rings (SSSR count). The van der Waals surface area contributed by atoms with Crippen LogP contribution in [0, 0.1) is 12.7 Å². The van der Waals surface area contributed by atoms with E-state index in [1.165, 1.54) is 10.6 Å². The van der Waals surface area contributed by atoms with Crippen molar-refractivity contribution in [2.24, 2.45) is 0 Å². The number of nitrogens with one attached hydrogen (secondary N) is 2. The number of carbonyl (C=O) groups is 1. The Morgan fingerprint density at radius 1 is 1.30 bits per heavy atom. The lowest BCUT2D eigenvalue weighted by atomic mass is 10.1. The number of halogens is 3. The number of hydrogen-bond acceptors (Lipinski definition) is 5. The molecule has 2 N–H and O–H groups in total. The van der Waals surface area contributed by atoms with Crippen molar-refractivity contribution in [2.75, 3.05) is 18.9 Å². The van der Waals surface area contributed by atoms with Crippen LogP contribution >= 0.6 is 0 Å². The molecule has 1 aliphatic heterocycles. The lowest BCUT2D eigenvalue weighted by Gasteiger charge is -2.30. The second-order valence-corrected chi connectivity index (χ2v) is 8.30. The fourth-order valence-corrected chi connectivity index (χ4v) is 4.35. The number of hydrogen-bond donors (Lipinski definition) is 2. The summed E-state index contributed by atoms with van der Waals surface area (Å²) in [6, 6.07) is 3.05. The molecule has 0 radical (unpaired) electrons. The largest absolute Gasteiger partial charge is 0.350 e. The van der Waals surface area contributed by atoms with Gasteiger partial charge in [-0.15, -0.1) is 0 Å². The second-order valence-electron chi connectivity index (χ2n) is 8.30. The molecule has 11 heteroatoms. The minimum Gasteiger partial charge on any atom is -0.350 e. The van der Waals surface area contributed by atoms with E-state index in [2.05, 4.69) is 25.3 Å². The van der Waals surface area contributed by atoms with Crippen LogP contribution in [0.4, 0.5) is 19.1 Å². The Kier molecular flexibility index (Phi) is 5.18. The number of piperidine rings is 1. The summed E-state index contributed by atoms with van der Waals surface area (Å²) in [5.74, 6) is 0.293. The molecule has 0 spiro atoms. The van der Waals surface area contributed by atoms with Gasteiger partial charge in [-0.2, -0.15) is 4.98 Å². The molecule has 3 aromatic heterocycles. The molecular weight excluding hydrogens is 435 g/mol. The van der Waals surface area contributed by atoms with Crippen molar-refractivity contribution >= 4 is 33.9 Å². The number of likely N-dealkylation sites (N-methyl/N-ethyl adjacent to an activating group) is 1. The molecule has 0 unspecified atom stereocenters. The highest BCUT2D eigenvalue weighted by Crippen LogP contribution is 2.32. The summed E-state index contributed by atoms with van der Waals surface area (Å²) in [6.07, 6.45) is 1.92. The van der Waals surface area contributed by atoms with Crippen molar-refractivity contribution < 1.29 is 18.0 Å². The van der Waals surface area contributed by atoms with Gasteiger partial charge in [0.1, 0.15) is 17.0 Å². The number of aromatic amines is 1. The Labute approximate surface area is 186 Å². The molecule has 1 fully saturated rings. The molecule has 172 valence electrons. The van der Waals surface area contributed by atoms with E-state index in [-0.39, 0.29) is 17.5 Å². The number of H-pyrrole nitrogens is 1. The van der Waals surface area contributed by atoms with E-state index >= 15 is 0 Å². The number of aromatic nitrogens is 5. The molecule has 0 bridgehead atoms. The van der Waals surface area contributed by atoms with Crippen molar-refractivity contribution in [3.8, 4) is 11.1 Å². The summed E-state index contributed by atoms with van der Waals surface area (Å²) in [5, 5.41) is 3.93. The summed E-state index contributed by atoms with van der Waals surface area (Å²) in [6.45, 7) is 1.59. The first-order valence-electron chi connectivity index (χ1n) is 10.6. The van der Waals surface area contributed by atoms with Gasteiger partial charge in [0.05, 0.1) is 12.1 Å². The first kappa shape index (κ1) is 21.2. The number of carbonyl (C=O) groups excluding carboxylic acids is 1. The summed E-state index contributed by atoms with van der Waals surface area (Å²) >= 11 is 0. The monoisotopic (exact) mass is 457 g/mol. The summed E-state index contributed by atoms with van der Waals surface area (Å²) in [5.41, 5.74) is 2.10. The van der Waals surface area contributed by atoms with Crippen molar-refractivity contribution in [2.45, 2.75) is 38.8 Å². The summed E-state index contributed by atoms with van der Waals surface area (Å²) < 4.78 is 42.2. The molecule has 1 amide bonds. The predicted molar refractivity (Wildman–Crippen MR) is 118 cm³/mol. The number of nitrogens with zero attached hydrogens (tertiary/aromatic N) is 5. The number of anilines is 1. The van der Waals surface area contributed by atoms with Crippen LogP contribution in [0.3, 0.4) is 0 Å². The molecule has 1 aliphatic rings. The zero-order valence-corrected chi connectivity index (χ0v) is 18.1. The number of amides is 1. The third-order valence-corrected chi connectivity index (χ3v) is 6.02. The van der Waals surface area contributed by atoms with Crippen molar-refractivity contribution in [3.05, 3.63) is 36.2 Å². The highest BCUT2D eigenvalue weighted by Gasteiger charge is 2.23. The van der Waals surface area contributed by atoms with E-state index in [0.29, 0.717) is 58.8 Å². The van der Waals surface area contributed by atoms with Crippen LogP contribution in [0.15, 0.2) is 24.5 Å². The first-order valence-corrected chi connectivity index (χ1v) is 10.6. The maximum atomic E-state index is 14.8. The average Bonchev–Trinajstić information content (AvgIpc) is 3.32. The van der Waals surface area contributed by atoms with Gasteiger partial charge in [-0.25, -0.2) is 23.1 Å². The maximum Gasteiger partial charge on any atom is 0.256 e. The number of imidazole rings is 1. The Morgan fingerprint density at radius 2 is 2.12 bits per heavy atom. The van der Waals surface area contributed by atoms with Gasteiger partial charge in [0.2, 0.25) is 11.9 Å². The Balaban J connectivity index is 1.48. The molecule has 1 saturated heterocycles. The summed E-state index contributed by atoms with van der Waals surface area (Å²) in [4.78, 5) is 29.5. The lowest BCUT2D eigenvalue weighted by molar-refractivity contribution is -0.132. The van der Waals surface area contributed by atoms with Crippen molar-refractivity contribution in [1.82, 2.24) is 29.4 Å². The van der Waals surface area contributed by atoms with Crippen LogP contribution in [0.1, 0.15) is 18.7 Å². The lowest BCUT2D eigenvalue weighted by Crippen LogP contribution is -2.43. The number of aryl methyl sites for hydroxylation is 1. The van der Waals surface area contributed by atoms with Crippen LogP contribution in [0.2, 0.25) is 0 Å². The standard InChI is InChI=1S/C22H22F3N7O/c1-11-28-20-16(23)5-12(6-17(20)32(11)10-18(24)25)14-7-26-21-15(14)8-27-22(30-21)29-13-3-4-19(33)31(2)9-13/h5-8,13,18H,3-4,9-10H2,1-2H3,(H2,26,27,29,30)/t13-/m1/s1. The Hall–Kier alpha value is -3.63. The number of benzene rings is 1. The smallest absolute Gasteiger partial charge is 0.256 e. The number of alkyl halides is 2. The predicted octanol–water partition coefficient (Wildman–Crippen LogP) is 3.72. The van der Waals surface area contributed by atoms with Crippen LogP contribution in [-0.2, 0) is 11.3 Å². The number of likely N-dealkylation sites (tertiary alicyclic amines) is 1. The van der Waals surface area contributed by atoms with E-state index in [1.54, 1.807) is 37.3 Å². The molecule has 4 heterocycles. The molecule has 1 aromatic carbocycles. The Morgan fingerprint density at radius 3 is 2.88 bits per heavy atom. The second kappa shape index (κ2) is 8.05. The third kappa shape index (κ3) is 3.87. The minimum absolute atomic E-state index is 0.0504. The molecule has 0 aliphatic carbocycles. The quantitative estimate of drug-likeness (QED) is 0.477. The van der Waals surface area contributed by atoms with Gasteiger partial charge in [0, 0.05) is 49.4 Å². The molecule has 4 aromatic rings. The molecular formula is C22H22F3N7O. The van der Waals surface area contributed by atoms with Crippen LogP contribution in [0.25, 0.3) is 33.2 Å². The van der Waals surface area contributed by atoms with Gasteiger partial charge >= 0.3 is 0 Å². The maximum absolute atomic E-state index is 14.8. The van der Waals surface area contributed by atoms with Gasteiger partial charge in [-0.3, -0.25) is 4.79 Å². The van der Waals surface area contributed by atoms with E-state index in [1.807, 2.05) is 0 Å². The molecule has 1 atom stereocenters. The molecule has 0 saturated carbocycles. The highest BCUT2D eigenvalue weighted by molar-refractivity contribution is 5.96. The first-order chi connectivity index (χ1) is 15.8. The van der Waals surface area contributed by atoms with Gasteiger partial charge in [-0.05, 0) is 31.0 Å². The van der Waals surface area contributed by atoms with Gasteiger partial charge in [0.15, 0.2) is 5.82 Å². The molecule has 8 nitrogen and oxygen atoms in total. The van der Waals surface area contributed by atoms with E-state index in [4.69, 9.17) is 0 Å². The fraction of sp³-hybridized carbons (Fsp3) is 0.364. The normalized spacial score (nSPS) is 17.0. The molecule has 33 heavy (non-hydrogen) atoms. The number of fused-ring (bicyclic) bond motifs is 2. The van der Waals surface area contributed by atoms with Crippen LogP contribution in [-0.4, -0.2) is 61.4 Å². The number of rotatable bonds is 5. The van der Waals surface area contributed by atoms with Gasteiger partial charge < -0.3 is 19.8 Å². The van der Waals surface area contributed by atoms with Crippen LogP contribution < -0.4 is 5.32 Å². The Bertz CT molecular complexity index is 1360.